The number of hydrogen-bond donors (Lipinski definition) is 2. The predicted octanol–water partition coefficient (Wildman–Crippen LogP) is 3.98. The molecule has 3 aromatic rings. The second-order valence-electron chi connectivity index (χ2n) is 6.56. The molecule has 1 heterocycles. The van der Waals surface area contributed by atoms with Gasteiger partial charge in [0.15, 0.2) is 0 Å². The second kappa shape index (κ2) is 9.55. The van der Waals surface area contributed by atoms with Gasteiger partial charge in [0.05, 0.1) is 18.4 Å². The van der Waals surface area contributed by atoms with E-state index in [0.717, 1.165) is 17.0 Å². The van der Waals surface area contributed by atoms with Gasteiger partial charge in [0.2, 0.25) is 0 Å². The number of benzene rings is 2. The number of ether oxygens (including phenoxy) is 1. The van der Waals surface area contributed by atoms with Crippen molar-refractivity contribution in [1.29, 1.82) is 0 Å². The number of hydrogen-bond acceptors (Lipinski definition) is 4. The molecule has 0 spiro atoms. The van der Waals surface area contributed by atoms with Crippen LogP contribution in [-0.4, -0.2) is 24.5 Å². The zero-order valence-electron chi connectivity index (χ0n) is 16.2. The van der Waals surface area contributed by atoms with Crippen molar-refractivity contribution < 1.29 is 9.53 Å². The van der Waals surface area contributed by atoms with Crippen LogP contribution in [0.4, 0.5) is 5.69 Å². The molecule has 1 aromatic heterocycles. The molecule has 0 aliphatic rings. The Labute approximate surface area is 165 Å². The van der Waals surface area contributed by atoms with E-state index in [1.807, 2.05) is 42.5 Å². The molecule has 0 aliphatic carbocycles. The number of aromatic nitrogens is 1. The molecular formula is C23H25N3O2. The fourth-order valence-electron chi connectivity index (χ4n) is 2.99. The molecule has 2 aromatic carbocycles. The molecule has 0 fully saturated rings. The molecule has 0 aliphatic heterocycles. The molecule has 0 radical (unpaired) electrons. The highest BCUT2D eigenvalue weighted by molar-refractivity contribution is 5.94. The SMILES string of the molecule is COc1ccccc1CCNC(=O)c1cncc(NCc2ccccc2C)c1. The van der Waals surface area contributed by atoms with E-state index in [1.54, 1.807) is 19.5 Å². The standard InChI is InChI=1S/C23H25N3O2/c1-17-7-3-4-9-19(17)15-26-21-13-20(14-24-16-21)23(27)25-12-11-18-8-5-6-10-22(18)28-2/h3-10,13-14,16,26H,11-12,15H2,1-2H3,(H,25,27). The summed E-state index contributed by atoms with van der Waals surface area (Å²) in [6, 6.07) is 17.9. The van der Waals surface area contributed by atoms with E-state index in [9.17, 15) is 4.79 Å². The highest BCUT2D eigenvalue weighted by atomic mass is 16.5. The normalized spacial score (nSPS) is 10.4. The number of carbonyl (C=O) groups is 1. The third-order valence-electron chi connectivity index (χ3n) is 4.62. The van der Waals surface area contributed by atoms with E-state index in [1.165, 1.54) is 11.1 Å². The van der Waals surface area contributed by atoms with Crippen molar-refractivity contribution in [3.63, 3.8) is 0 Å². The zero-order chi connectivity index (χ0) is 19.8. The summed E-state index contributed by atoms with van der Waals surface area (Å²) < 4.78 is 5.34. The van der Waals surface area contributed by atoms with Gasteiger partial charge in [0, 0.05) is 25.5 Å². The van der Waals surface area contributed by atoms with Gasteiger partial charge in [-0.3, -0.25) is 9.78 Å². The highest BCUT2D eigenvalue weighted by Crippen LogP contribution is 2.17. The number of rotatable bonds is 8. The minimum absolute atomic E-state index is 0.137. The maximum Gasteiger partial charge on any atom is 0.252 e. The van der Waals surface area contributed by atoms with Gasteiger partial charge >= 0.3 is 0 Å². The number of pyridine rings is 1. The third kappa shape index (κ3) is 5.10. The van der Waals surface area contributed by atoms with E-state index in [4.69, 9.17) is 4.74 Å². The van der Waals surface area contributed by atoms with Crippen molar-refractivity contribution in [2.45, 2.75) is 19.9 Å². The van der Waals surface area contributed by atoms with Crippen LogP contribution in [0.3, 0.4) is 0 Å². The third-order valence-corrected chi connectivity index (χ3v) is 4.62. The van der Waals surface area contributed by atoms with Crippen molar-refractivity contribution >= 4 is 11.6 Å². The first-order valence-corrected chi connectivity index (χ1v) is 9.31. The number of carbonyl (C=O) groups excluding carboxylic acids is 1. The minimum Gasteiger partial charge on any atom is -0.496 e. The molecule has 0 saturated carbocycles. The van der Waals surface area contributed by atoms with Gasteiger partial charge in [-0.15, -0.1) is 0 Å². The van der Waals surface area contributed by atoms with Gasteiger partial charge in [0.25, 0.3) is 5.91 Å². The van der Waals surface area contributed by atoms with Crippen LogP contribution in [-0.2, 0) is 13.0 Å². The van der Waals surface area contributed by atoms with Crippen LogP contribution in [0, 0.1) is 6.92 Å². The Hall–Kier alpha value is -3.34. The summed E-state index contributed by atoms with van der Waals surface area (Å²) in [6.07, 6.45) is 4.01. The summed E-state index contributed by atoms with van der Waals surface area (Å²) in [7, 11) is 1.65. The summed E-state index contributed by atoms with van der Waals surface area (Å²) in [6.45, 7) is 3.30. The molecule has 28 heavy (non-hydrogen) atoms. The van der Waals surface area contributed by atoms with Gasteiger partial charge in [-0.1, -0.05) is 42.5 Å². The van der Waals surface area contributed by atoms with Crippen LogP contribution in [0.1, 0.15) is 27.0 Å². The Morgan fingerprint density at radius 2 is 1.79 bits per heavy atom. The first-order valence-electron chi connectivity index (χ1n) is 9.31. The summed E-state index contributed by atoms with van der Waals surface area (Å²) in [5.74, 6) is 0.697. The van der Waals surface area contributed by atoms with Gasteiger partial charge in [-0.2, -0.15) is 0 Å². The van der Waals surface area contributed by atoms with E-state index < -0.39 is 0 Å². The van der Waals surface area contributed by atoms with Crippen molar-refractivity contribution in [2.24, 2.45) is 0 Å². The molecule has 2 N–H and O–H groups in total. The first kappa shape index (κ1) is 19.4. The first-order chi connectivity index (χ1) is 13.7. The molecule has 0 saturated heterocycles. The molecule has 0 bridgehead atoms. The summed E-state index contributed by atoms with van der Waals surface area (Å²) in [4.78, 5) is 16.7. The Balaban J connectivity index is 1.55. The lowest BCUT2D eigenvalue weighted by molar-refractivity contribution is 0.0953. The zero-order valence-corrected chi connectivity index (χ0v) is 16.2. The van der Waals surface area contributed by atoms with Crippen LogP contribution in [0.5, 0.6) is 5.75 Å². The van der Waals surface area contributed by atoms with Gasteiger partial charge in [0.1, 0.15) is 5.75 Å². The van der Waals surface area contributed by atoms with Crippen molar-refractivity contribution in [1.82, 2.24) is 10.3 Å². The summed E-state index contributed by atoms with van der Waals surface area (Å²) in [5.41, 5.74) is 4.87. The number of anilines is 1. The molecule has 0 unspecified atom stereocenters. The lowest BCUT2D eigenvalue weighted by Crippen LogP contribution is -2.26. The fourth-order valence-corrected chi connectivity index (χ4v) is 2.99. The Kier molecular flexibility index (Phi) is 6.63. The number of aryl methyl sites for hydroxylation is 1. The number of nitrogens with zero attached hydrogens (tertiary/aromatic N) is 1. The maximum atomic E-state index is 12.5. The van der Waals surface area contributed by atoms with Crippen LogP contribution in [0.15, 0.2) is 67.0 Å². The smallest absolute Gasteiger partial charge is 0.252 e. The largest absolute Gasteiger partial charge is 0.496 e. The monoisotopic (exact) mass is 375 g/mol. The molecule has 5 nitrogen and oxygen atoms in total. The maximum absolute atomic E-state index is 12.5. The fraction of sp³-hybridized carbons (Fsp3) is 0.217. The van der Waals surface area contributed by atoms with Crippen molar-refractivity contribution in [2.75, 3.05) is 19.0 Å². The highest BCUT2D eigenvalue weighted by Gasteiger charge is 2.08. The molecular weight excluding hydrogens is 350 g/mol. The van der Waals surface area contributed by atoms with E-state index in [2.05, 4.69) is 34.7 Å². The molecule has 0 atom stereocenters. The number of para-hydroxylation sites is 1. The number of nitrogens with one attached hydrogen (secondary N) is 2. The van der Waals surface area contributed by atoms with Crippen molar-refractivity contribution in [3.05, 3.63) is 89.2 Å². The Bertz CT molecular complexity index is 940. The predicted molar refractivity (Wildman–Crippen MR) is 112 cm³/mol. The van der Waals surface area contributed by atoms with Gasteiger partial charge in [-0.05, 0) is 42.2 Å². The van der Waals surface area contributed by atoms with Crippen LogP contribution < -0.4 is 15.4 Å². The number of methoxy groups -OCH3 is 1. The van der Waals surface area contributed by atoms with Crippen LogP contribution in [0.2, 0.25) is 0 Å². The average molecular weight is 375 g/mol. The van der Waals surface area contributed by atoms with Crippen LogP contribution in [0.25, 0.3) is 0 Å². The minimum atomic E-state index is -0.137. The molecule has 144 valence electrons. The molecule has 3 rings (SSSR count). The molecule has 5 heteroatoms. The molecule has 1 amide bonds. The van der Waals surface area contributed by atoms with E-state index in [0.29, 0.717) is 25.1 Å². The quantitative estimate of drug-likeness (QED) is 0.625. The summed E-state index contributed by atoms with van der Waals surface area (Å²) >= 11 is 0. The van der Waals surface area contributed by atoms with Gasteiger partial charge in [-0.25, -0.2) is 0 Å². The topological polar surface area (TPSA) is 63.2 Å². The lowest BCUT2D eigenvalue weighted by Gasteiger charge is -2.11. The average Bonchev–Trinajstić information content (AvgIpc) is 2.73. The second-order valence-corrected chi connectivity index (χ2v) is 6.56. The Morgan fingerprint density at radius 1 is 1.04 bits per heavy atom. The lowest BCUT2D eigenvalue weighted by atomic mass is 10.1. The summed E-state index contributed by atoms with van der Waals surface area (Å²) in [5, 5.41) is 6.28. The van der Waals surface area contributed by atoms with E-state index in [-0.39, 0.29) is 5.91 Å². The Morgan fingerprint density at radius 3 is 2.57 bits per heavy atom. The van der Waals surface area contributed by atoms with Crippen molar-refractivity contribution in [3.8, 4) is 5.75 Å². The van der Waals surface area contributed by atoms with Crippen LogP contribution >= 0.6 is 0 Å². The number of amides is 1. The van der Waals surface area contributed by atoms with E-state index >= 15 is 0 Å². The van der Waals surface area contributed by atoms with Gasteiger partial charge < -0.3 is 15.4 Å².